The van der Waals surface area contributed by atoms with Gasteiger partial charge in [0.15, 0.2) is 6.61 Å². The average molecular weight is 639 g/mol. The Balaban J connectivity index is 1.69. The number of nitrogens with zero attached hydrogens (tertiary/aromatic N) is 2. The number of hydrogen-bond acceptors (Lipinski definition) is 6. The first-order chi connectivity index (χ1) is 21.6. The van der Waals surface area contributed by atoms with E-state index < -0.39 is 47.7 Å². The van der Waals surface area contributed by atoms with E-state index in [1.165, 1.54) is 18.0 Å². The lowest BCUT2D eigenvalue weighted by Gasteiger charge is -2.26. The molecule has 0 saturated heterocycles. The lowest BCUT2D eigenvalue weighted by atomic mass is 10.1. The van der Waals surface area contributed by atoms with Crippen LogP contribution in [0.4, 0.5) is 30.6 Å². The van der Waals surface area contributed by atoms with Gasteiger partial charge in [-0.3, -0.25) is 9.59 Å². The van der Waals surface area contributed by atoms with E-state index in [0.717, 1.165) is 17.0 Å². The first-order valence-corrected chi connectivity index (χ1v) is 14.8. The van der Waals surface area contributed by atoms with Gasteiger partial charge in [-0.2, -0.15) is 0 Å². The number of hydrogen-bond donors (Lipinski definition) is 2. The van der Waals surface area contributed by atoms with Gasteiger partial charge in [-0.15, -0.1) is 0 Å². The topological polar surface area (TPSA) is 117 Å². The highest BCUT2D eigenvalue weighted by atomic mass is 19.1. The van der Waals surface area contributed by atoms with Crippen LogP contribution < -0.4 is 25.2 Å². The summed E-state index contributed by atoms with van der Waals surface area (Å²) in [6.45, 7) is 8.74. The van der Waals surface area contributed by atoms with E-state index in [-0.39, 0.29) is 29.5 Å². The molecule has 246 valence electrons. The van der Waals surface area contributed by atoms with Crippen molar-refractivity contribution in [3.05, 3.63) is 83.9 Å². The Bertz CT molecular complexity index is 1540. The Hall–Kier alpha value is -5.00. The fourth-order valence-electron chi connectivity index (χ4n) is 4.17. The number of anilines is 3. The molecule has 0 aliphatic heterocycles. The summed E-state index contributed by atoms with van der Waals surface area (Å²) < 4.78 is 38.5. The van der Waals surface area contributed by atoms with E-state index in [9.17, 15) is 28.0 Å². The number of carbonyl (C=O) groups is 4. The lowest BCUT2D eigenvalue weighted by Crippen LogP contribution is -2.42. The zero-order valence-corrected chi connectivity index (χ0v) is 26.9. The van der Waals surface area contributed by atoms with Gasteiger partial charge in [0, 0.05) is 31.0 Å². The second kappa shape index (κ2) is 15.8. The van der Waals surface area contributed by atoms with Crippen LogP contribution in [-0.2, 0) is 14.3 Å². The maximum Gasteiger partial charge on any atom is 0.338 e. The van der Waals surface area contributed by atoms with Crippen LogP contribution in [0.15, 0.2) is 66.7 Å². The van der Waals surface area contributed by atoms with E-state index in [2.05, 4.69) is 10.6 Å². The maximum absolute atomic E-state index is 13.7. The number of rotatable bonds is 12. The smallest absolute Gasteiger partial charge is 0.338 e. The van der Waals surface area contributed by atoms with Crippen molar-refractivity contribution in [3.8, 4) is 5.75 Å². The van der Waals surface area contributed by atoms with Crippen molar-refractivity contribution in [2.45, 2.75) is 46.6 Å². The molecule has 0 aliphatic carbocycles. The number of urea groups is 1. The van der Waals surface area contributed by atoms with Gasteiger partial charge in [-0.05, 0) is 75.6 Å². The molecule has 0 unspecified atom stereocenters. The van der Waals surface area contributed by atoms with Crippen molar-refractivity contribution in [2.24, 2.45) is 5.92 Å². The van der Waals surface area contributed by atoms with Crippen molar-refractivity contribution in [1.82, 2.24) is 5.32 Å². The van der Waals surface area contributed by atoms with Crippen molar-refractivity contribution in [1.29, 1.82) is 0 Å². The molecule has 3 rings (SSSR count). The molecule has 0 atom stereocenters. The molecule has 0 heterocycles. The summed E-state index contributed by atoms with van der Waals surface area (Å²) in [5.74, 6) is -2.71. The Morgan fingerprint density at radius 2 is 1.57 bits per heavy atom. The molecule has 0 radical (unpaired) electrons. The van der Waals surface area contributed by atoms with E-state index in [1.807, 2.05) is 13.8 Å². The number of para-hydroxylation sites is 2. The standard InChI is InChI=1S/C34H40F2N4O6/c1-22(2)14-15-40(30(41)20-37-33(44)38-26-11-9-10-23(16-26)32(43)46-34(3,4)5)28-12-7-8-13-29(28)45-21-31(42)39(6)27-18-24(35)17-25(36)19-27/h7-13,16-19,22H,14-15,20-21H2,1-6H3,(H2,37,38,44). The predicted octanol–water partition coefficient (Wildman–Crippen LogP) is 6.16. The Morgan fingerprint density at radius 3 is 2.22 bits per heavy atom. The fraction of sp³-hybridized carbons (Fsp3) is 0.353. The van der Waals surface area contributed by atoms with Crippen LogP contribution in [0.2, 0.25) is 0 Å². The zero-order valence-electron chi connectivity index (χ0n) is 26.9. The Labute approximate surface area is 267 Å². The van der Waals surface area contributed by atoms with Gasteiger partial charge in [-0.25, -0.2) is 18.4 Å². The maximum atomic E-state index is 13.7. The van der Waals surface area contributed by atoms with Crippen molar-refractivity contribution in [2.75, 3.05) is 41.9 Å². The highest BCUT2D eigenvalue weighted by molar-refractivity contribution is 6.00. The third kappa shape index (κ3) is 10.9. The SMILES string of the molecule is CC(C)CCN(C(=O)CNC(=O)Nc1cccc(C(=O)OC(C)(C)C)c1)c1ccccc1OCC(=O)N(C)c1cc(F)cc(F)c1. The van der Waals surface area contributed by atoms with Gasteiger partial charge in [0.1, 0.15) is 23.0 Å². The van der Waals surface area contributed by atoms with Gasteiger partial charge in [-0.1, -0.05) is 32.0 Å². The second-order valence-corrected chi connectivity index (χ2v) is 12.0. The fourth-order valence-corrected chi connectivity index (χ4v) is 4.17. The molecule has 10 nitrogen and oxygen atoms in total. The van der Waals surface area contributed by atoms with Crippen LogP contribution >= 0.6 is 0 Å². The number of amides is 4. The van der Waals surface area contributed by atoms with Crippen LogP contribution in [0.25, 0.3) is 0 Å². The highest BCUT2D eigenvalue weighted by Gasteiger charge is 2.22. The van der Waals surface area contributed by atoms with Crippen LogP contribution in [0.1, 0.15) is 51.4 Å². The average Bonchev–Trinajstić information content (AvgIpc) is 2.97. The van der Waals surface area contributed by atoms with Gasteiger partial charge in [0.25, 0.3) is 5.91 Å². The molecule has 0 aliphatic rings. The Morgan fingerprint density at radius 1 is 0.891 bits per heavy atom. The summed E-state index contributed by atoms with van der Waals surface area (Å²) >= 11 is 0. The van der Waals surface area contributed by atoms with E-state index in [4.69, 9.17) is 9.47 Å². The van der Waals surface area contributed by atoms with E-state index in [0.29, 0.717) is 30.4 Å². The van der Waals surface area contributed by atoms with Crippen molar-refractivity contribution < 1.29 is 37.4 Å². The molecular formula is C34H40F2N4O6. The van der Waals surface area contributed by atoms with Gasteiger partial charge < -0.3 is 29.9 Å². The lowest BCUT2D eigenvalue weighted by molar-refractivity contribution is -0.120. The van der Waals surface area contributed by atoms with Crippen LogP contribution in [-0.4, -0.2) is 56.2 Å². The molecule has 0 saturated carbocycles. The molecule has 12 heteroatoms. The quantitative estimate of drug-likeness (QED) is 0.230. The first-order valence-electron chi connectivity index (χ1n) is 14.8. The normalized spacial score (nSPS) is 11.1. The summed E-state index contributed by atoms with van der Waals surface area (Å²) in [4.78, 5) is 53.9. The molecule has 0 spiro atoms. The van der Waals surface area contributed by atoms with Gasteiger partial charge in [0.2, 0.25) is 5.91 Å². The summed E-state index contributed by atoms with van der Waals surface area (Å²) in [6.07, 6.45) is 0.635. The summed E-state index contributed by atoms with van der Waals surface area (Å²) in [5, 5.41) is 5.16. The molecule has 3 aromatic rings. The minimum Gasteiger partial charge on any atom is -0.482 e. The third-order valence-corrected chi connectivity index (χ3v) is 6.50. The number of ether oxygens (including phenoxy) is 2. The first kappa shape index (κ1) is 35.5. The van der Waals surface area contributed by atoms with Crippen molar-refractivity contribution in [3.63, 3.8) is 0 Å². The summed E-state index contributed by atoms with van der Waals surface area (Å²) in [7, 11) is 1.37. The number of likely N-dealkylation sites (N-methyl/N-ethyl adjacent to an activating group) is 1. The third-order valence-electron chi connectivity index (χ3n) is 6.50. The number of carbonyl (C=O) groups excluding carboxylic acids is 4. The zero-order chi connectivity index (χ0) is 34.0. The number of esters is 1. The number of benzene rings is 3. The Kier molecular flexibility index (Phi) is 12.2. The molecule has 0 fully saturated rings. The summed E-state index contributed by atoms with van der Waals surface area (Å²) in [6, 6.07) is 15.0. The predicted molar refractivity (Wildman–Crippen MR) is 172 cm³/mol. The molecule has 3 aromatic carbocycles. The van der Waals surface area contributed by atoms with Gasteiger partial charge in [0.05, 0.1) is 17.8 Å². The minimum absolute atomic E-state index is 0.0223. The van der Waals surface area contributed by atoms with Crippen LogP contribution in [0.5, 0.6) is 5.75 Å². The summed E-state index contributed by atoms with van der Waals surface area (Å²) in [5.41, 5.74) is 0.313. The molecular weight excluding hydrogens is 598 g/mol. The number of halogens is 2. The van der Waals surface area contributed by atoms with Gasteiger partial charge >= 0.3 is 12.0 Å². The molecule has 2 N–H and O–H groups in total. The minimum atomic E-state index is -0.822. The van der Waals surface area contributed by atoms with Crippen LogP contribution in [0.3, 0.4) is 0 Å². The highest BCUT2D eigenvalue weighted by Crippen LogP contribution is 2.29. The molecule has 46 heavy (non-hydrogen) atoms. The molecule has 0 bridgehead atoms. The largest absolute Gasteiger partial charge is 0.482 e. The monoisotopic (exact) mass is 638 g/mol. The van der Waals surface area contributed by atoms with Crippen molar-refractivity contribution >= 4 is 40.9 Å². The number of nitrogens with one attached hydrogen (secondary N) is 2. The van der Waals surface area contributed by atoms with E-state index in [1.54, 1.807) is 63.2 Å². The van der Waals surface area contributed by atoms with E-state index >= 15 is 0 Å². The second-order valence-electron chi connectivity index (χ2n) is 12.0. The van der Waals surface area contributed by atoms with Crippen LogP contribution in [0, 0.1) is 17.6 Å². The molecule has 0 aromatic heterocycles. The molecule has 4 amide bonds.